The number of hydrogen-bond donors (Lipinski definition) is 1. The third kappa shape index (κ3) is 5.66. The standard InChI is InChI=1S/C20H18F6N2O3/c21-19(22,23)12-31-16-5-4-15(11-27-16)28-17(29)18(6-8-30-9-7-18)13-2-1-3-14(10-13)20(24,25)26/h1-5,10-11H,6-9,12H2,(H,28,29). The van der Waals surface area contributed by atoms with E-state index in [2.05, 4.69) is 15.0 Å². The van der Waals surface area contributed by atoms with Gasteiger partial charge in [-0.05, 0) is 30.5 Å². The molecule has 1 saturated heterocycles. The molecule has 0 atom stereocenters. The van der Waals surface area contributed by atoms with Crippen molar-refractivity contribution in [1.82, 2.24) is 4.98 Å². The number of carbonyl (C=O) groups excluding carboxylic acids is 1. The molecule has 5 nitrogen and oxygen atoms in total. The Morgan fingerprint density at radius 2 is 1.81 bits per heavy atom. The number of halogens is 6. The quantitative estimate of drug-likeness (QED) is 0.672. The molecule has 1 fully saturated rings. The Kier molecular flexibility index (Phi) is 6.44. The molecule has 1 aliphatic rings. The predicted molar refractivity (Wildman–Crippen MR) is 97.6 cm³/mol. The zero-order chi connectivity index (χ0) is 22.7. The summed E-state index contributed by atoms with van der Waals surface area (Å²) in [5.74, 6) is -0.838. The van der Waals surface area contributed by atoms with E-state index in [0.29, 0.717) is 0 Å². The largest absolute Gasteiger partial charge is 0.468 e. The van der Waals surface area contributed by atoms with Gasteiger partial charge in [0.15, 0.2) is 6.61 Å². The maximum Gasteiger partial charge on any atom is 0.422 e. The van der Waals surface area contributed by atoms with Gasteiger partial charge in [0.2, 0.25) is 11.8 Å². The van der Waals surface area contributed by atoms with E-state index >= 15 is 0 Å². The van der Waals surface area contributed by atoms with E-state index in [4.69, 9.17) is 4.74 Å². The van der Waals surface area contributed by atoms with Gasteiger partial charge in [-0.2, -0.15) is 26.3 Å². The van der Waals surface area contributed by atoms with Gasteiger partial charge in [0, 0.05) is 19.3 Å². The van der Waals surface area contributed by atoms with Gasteiger partial charge in [-0.25, -0.2) is 4.98 Å². The van der Waals surface area contributed by atoms with Crippen LogP contribution in [0.2, 0.25) is 0 Å². The minimum atomic E-state index is -4.56. The van der Waals surface area contributed by atoms with Crippen LogP contribution in [0.4, 0.5) is 32.0 Å². The fraction of sp³-hybridized carbons (Fsp3) is 0.400. The summed E-state index contributed by atoms with van der Waals surface area (Å²) in [6, 6.07) is 7.05. The lowest BCUT2D eigenvalue weighted by molar-refractivity contribution is -0.154. The molecule has 2 heterocycles. The maximum absolute atomic E-state index is 13.2. The molecule has 1 amide bonds. The highest BCUT2D eigenvalue weighted by molar-refractivity contribution is 5.99. The monoisotopic (exact) mass is 448 g/mol. The Morgan fingerprint density at radius 1 is 1.10 bits per heavy atom. The zero-order valence-electron chi connectivity index (χ0n) is 16.0. The van der Waals surface area contributed by atoms with Crippen LogP contribution in [0.3, 0.4) is 0 Å². The summed E-state index contributed by atoms with van der Waals surface area (Å²) >= 11 is 0. The molecule has 168 valence electrons. The molecular weight excluding hydrogens is 430 g/mol. The highest BCUT2D eigenvalue weighted by Gasteiger charge is 2.43. The number of hydrogen-bond acceptors (Lipinski definition) is 4. The number of nitrogens with one attached hydrogen (secondary N) is 1. The van der Waals surface area contributed by atoms with Crippen LogP contribution in [0.25, 0.3) is 0 Å². The van der Waals surface area contributed by atoms with Crippen molar-refractivity contribution in [2.24, 2.45) is 0 Å². The molecule has 0 aliphatic carbocycles. The first-order valence-electron chi connectivity index (χ1n) is 9.22. The van der Waals surface area contributed by atoms with E-state index in [1.54, 1.807) is 0 Å². The molecule has 0 unspecified atom stereocenters. The van der Waals surface area contributed by atoms with Crippen molar-refractivity contribution in [1.29, 1.82) is 0 Å². The Bertz CT molecular complexity index is 906. The number of anilines is 1. The number of benzene rings is 1. The number of nitrogens with zero attached hydrogens (tertiary/aromatic N) is 1. The lowest BCUT2D eigenvalue weighted by Gasteiger charge is -2.36. The molecule has 31 heavy (non-hydrogen) atoms. The van der Waals surface area contributed by atoms with Gasteiger partial charge in [0.1, 0.15) is 0 Å². The van der Waals surface area contributed by atoms with Gasteiger partial charge >= 0.3 is 12.4 Å². The van der Waals surface area contributed by atoms with E-state index in [1.807, 2.05) is 0 Å². The van der Waals surface area contributed by atoms with Gasteiger partial charge < -0.3 is 14.8 Å². The van der Waals surface area contributed by atoms with Crippen molar-refractivity contribution in [2.45, 2.75) is 30.6 Å². The third-order valence-electron chi connectivity index (χ3n) is 4.90. The van der Waals surface area contributed by atoms with Gasteiger partial charge in [-0.3, -0.25) is 4.79 Å². The molecule has 0 radical (unpaired) electrons. The van der Waals surface area contributed by atoms with Gasteiger partial charge in [0.25, 0.3) is 0 Å². The fourth-order valence-electron chi connectivity index (χ4n) is 3.31. The topological polar surface area (TPSA) is 60.5 Å². The van der Waals surface area contributed by atoms with Crippen molar-refractivity contribution in [3.05, 3.63) is 53.7 Å². The molecule has 1 aliphatic heterocycles. The molecule has 0 saturated carbocycles. The number of aromatic nitrogens is 1. The van der Waals surface area contributed by atoms with Crippen LogP contribution >= 0.6 is 0 Å². The summed E-state index contributed by atoms with van der Waals surface area (Å²) < 4.78 is 85.9. The van der Waals surface area contributed by atoms with E-state index in [0.717, 1.165) is 24.4 Å². The van der Waals surface area contributed by atoms with Crippen LogP contribution in [-0.4, -0.2) is 36.9 Å². The third-order valence-corrected chi connectivity index (χ3v) is 4.90. The van der Waals surface area contributed by atoms with Crippen LogP contribution in [-0.2, 0) is 21.1 Å². The summed E-state index contributed by atoms with van der Waals surface area (Å²) in [4.78, 5) is 16.8. The highest BCUT2D eigenvalue weighted by atomic mass is 19.4. The second kappa shape index (κ2) is 8.74. The second-order valence-corrected chi connectivity index (χ2v) is 7.02. The van der Waals surface area contributed by atoms with Crippen molar-refractivity contribution in [3.8, 4) is 5.88 Å². The number of alkyl halides is 6. The predicted octanol–water partition coefficient (Wildman–Crippen LogP) is 4.73. The number of ether oxygens (including phenoxy) is 2. The van der Waals surface area contributed by atoms with Crippen molar-refractivity contribution >= 4 is 11.6 Å². The molecule has 0 bridgehead atoms. The minimum absolute atomic E-state index is 0.167. The molecule has 3 rings (SSSR count). The summed E-state index contributed by atoms with van der Waals surface area (Å²) in [5.41, 5.74) is -1.75. The number of amides is 1. The summed E-state index contributed by atoms with van der Waals surface area (Å²) in [6.45, 7) is -1.14. The van der Waals surface area contributed by atoms with Crippen LogP contribution in [0.5, 0.6) is 5.88 Å². The average Bonchev–Trinajstić information content (AvgIpc) is 2.72. The van der Waals surface area contributed by atoms with Crippen LogP contribution in [0, 0.1) is 0 Å². The molecule has 1 N–H and O–H groups in total. The summed E-state index contributed by atoms with van der Waals surface area (Å²) in [5, 5.41) is 2.59. The Hall–Kier alpha value is -2.82. The zero-order valence-corrected chi connectivity index (χ0v) is 16.0. The van der Waals surface area contributed by atoms with Crippen molar-refractivity contribution in [2.75, 3.05) is 25.1 Å². The van der Waals surface area contributed by atoms with Gasteiger partial charge in [0.05, 0.1) is 22.9 Å². The van der Waals surface area contributed by atoms with E-state index < -0.39 is 35.8 Å². The number of rotatable bonds is 5. The summed E-state index contributed by atoms with van der Waals surface area (Å²) in [6.07, 6.45) is -7.63. The maximum atomic E-state index is 13.2. The lowest BCUT2D eigenvalue weighted by atomic mass is 9.73. The molecular formula is C20H18F6N2O3. The first kappa shape index (κ1) is 22.9. The molecule has 1 aromatic carbocycles. The van der Waals surface area contributed by atoms with Crippen LogP contribution < -0.4 is 10.1 Å². The Balaban J connectivity index is 1.81. The van der Waals surface area contributed by atoms with E-state index in [9.17, 15) is 31.1 Å². The van der Waals surface area contributed by atoms with Crippen molar-refractivity contribution < 1.29 is 40.6 Å². The van der Waals surface area contributed by atoms with Crippen molar-refractivity contribution in [3.63, 3.8) is 0 Å². The average molecular weight is 448 g/mol. The fourth-order valence-corrected chi connectivity index (χ4v) is 3.31. The molecule has 11 heteroatoms. The smallest absolute Gasteiger partial charge is 0.422 e. The molecule has 1 aromatic heterocycles. The molecule has 2 aromatic rings. The van der Waals surface area contributed by atoms with E-state index in [-0.39, 0.29) is 43.2 Å². The minimum Gasteiger partial charge on any atom is -0.468 e. The SMILES string of the molecule is O=C(Nc1ccc(OCC(F)(F)F)nc1)C1(c2cccc(C(F)(F)F)c2)CCOCC1. The second-order valence-electron chi connectivity index (χ2n) is 7.02. The van der Waals surface area contributed by atoms with Gasteiger partial charge in [-0.1, -0.05) is 18.2 Å². The Morgan fingerprint density at radius 3 is 2.39 bits per heavy atom. The number of pyridine rings is 1. The lowest BCUT2D eigenvalue weighted by Crippen LogP contribution is -2.45. The van der Waals surface area contributed by atoms with E-state index in [1.165, 1.54) is 18.2 Å². The molecule has 0 spiro atoms. The van der Waals surface area contributed by atoms with Crippen LogP contribution in [0.15, 0.2) is 42.6 Å². The highest BCUT2D eigenvalue weighted by Crippen LogP contribution is 2.39. The normalized spacial score (nSPS) is 16.6. The van der Waals surface area contributed by atoms with Crippen LogP contribution in [0.1, 0.15) is 24.0 Å². The Labute approximate surface area is 173 Å². The summed E-state index contributed by atoms with van der Waals surface area (Å²) in [7, 11) is 0. The first-order chi connectivity index (χ1) is 14.5. The first-order valence-corrected chi connectivity index (χ1v) is 9.22. The number of carbonyl (C=O) groups is 1. The van der Waals surface area contributed by atoms with Gasteiger partial charge in [-0.15, -0.1) is 0 Å².